The fourth-order valence-electron chi connectivity index (χ4n) is 1.73. The molecule has 0 unspecified atom stereocenters. The summed E-state index contributed by atoms with van der Waals surface area (Å²) in [7, 11) is 0. The minimum atomic E-state index is -3.34. The topological polar surface area (TPSA) is 27.7 Å². The molecule has 0 aliphatic heterocycles. The maximum absolute atomic E-state index is 6.13. The van der Waals surface area contributed by atoms with Gasteiger partial charge >= 0.3 is 113 Å². The second-order valence-electron chi connectivity index (χ2n) is 5.29. The van der Waals surface area contributed by atoms with Gasteiger partial charge in [-0.25, -0.2) is 0 Å². The van der Waals surface area contributed by atoms with Gasteiger partial charge in [0.2, 0.25) is 0 Å². The molecule has 0 spiro atoms. The van der Waals surface area contributed by atoms with E-state index >= 15 is 0 Å². The van der Waals surface area contributed by atoms with Crippen LogP contribution in [0.2, 0.25) is 4.44 Å². The molecule has 0 N–H and O–H groups in total. The molecule has 0 saturated heterocycles. The van der Waals surface area contributed by atoms with Crippen molar-refractivity contribution >= 4 is 19.6 Å². The second kappa shape index (κ2) is 8.72. The molecular formula is C13H30O3Sn. The zero-order valence-electron chi connectivity index (χ0n) is 12.6. The summed E-state index contributed by atoms with van der Waals surface area (Å²) in [6.45, 7) is 14.6. The van der Waals surface area contributed by atoms with E-state index in [-0.39, 0.29) is 18.3 Å². The summed E-state index contributed by atoms with van der Waals surface area (Å²) >= 11 is -3.34. The number of hydrogen-bond acceptors (Lipinski definition) is 3. The van der Waals surface area contributed by atoms with Crippen LogP contribution >= 0.6 is 0 Å². The Hall–Kier alpha value is 0.679. The summed E-state index contributed by atoms with van der Waals surface area (Å²) in [6.07, 6.45) is 2.83. The van der Waals surface area contributed by atoms with E-state index in [9.17, 15) is 0 Å². The summed E-state index contributed by atoms with van der Waals surface area (Å²) < 4.78 is 19.4. The molecule has 0 atom stereocenters. The summed E-state index contributed by atoms with van der Waals surface area (Å²) in [4.78, 5) is 0. The first-order chi connectivity index (χ1) is 7.81. The Balaban J connectivity index is 4.76. The normalized spacial score (nSPS) is 13.1. The van der Waals surface area contributed by atoms with Gasteiger partial charge < -0.3 is 0 Å². The van der Waals surface area contributed by atoms with E-state index in [0.717, 1.165) is 17.3 Å². The van der Waals surface area contributed by atoms with Gasteiger partial charge in [-0.15, -0.1) is 0 Å². The van der Waals surface area contributed by atoms with Crippen LogP contribution in [0.3, 0.4) is 0 Å². The van der Waals surface area contributed by atoms with Crippen molar-refractivity contribution in [2.75, 3.05) is 0 Å². The van der Waals surface area contributed by atoms with E-state index in [1.165, 1.54) is 0 Å². The summed E-state index contributed by atoms with van der Waals surface area (Å²) in [5, 5.41) is 0. The first-order valence-corrected chi connectivity index (χ1v) is 12.4. The molecular weight excluding hydrogens is 323 g/mol. The van der Waals surface area contributed by atoms with Crippen molar-refractivity contribution in [3.8, 4) is 0 Å². The van der Waals surface area contributed by atoms with Gasteiger partial charge in [0.05, 0.1) is 0 Å². The number of hydrogen-bond donors (Lipinski definition) is 0. The van der Waals surface area contributed by atoms with Crippen molar-refractivity contribution in [2.24, 2.45) is 0 Å². The third-order valence-electron chi connectivity index (χ3n) is 2.08. The maximum atomic E-state index is 6.13. The Morgan fingerprint density at radius 1 is 0.765 bits per heavy atom. The molecule has 0 bridgehead atoms. The van der Waals surface area contributed by atoms with Crippen LogP contribution in [0.15, 0.2) is 0 Å². The van der Waals surface area contributed by atoms with Crippen LogP contribution in [0.1, 0.15) is 61.3 Å². The fourth-order valence-corrected chi connectivity index (χ4v) is 11.6. The quantitative estimate of drug-likeness (QED) is 0.587. The van der Waals surface area contributed by atoms with E-state index in [1.807, 2.05) is 0 Å². The molecule has 0 amide bonds. The first kappa shape index (κ1) is 17.7. The number of rotatable bonds is 9. The van der Waals surface area contributed by atoms with E-state index in [0.29, 0.717) is 0 Å². The van der Waals surface area contributed by atoms with Crippen molar-refractivity contribution in [3.63, 3.8) is 0 Å². The predicted molar refractivity (Wildman–Crippen MR) is 74.1 cm³/mol. The molecule has 17 heavy (non-hydrogen) atoms. The summed E-state index contributed by atoms with van der Waals surface area (Å²) in [6, 6.07) is 0. The minimum absolute atomic E-state index is 0.181. The molecule has 0 aromatic carbocycles. The van der Waals surface area contributed by atoms with Gasteiger partial charge in [-0.05, 0) is 0 Å². The van der Waals surface area contributed by atoms with Crippen LogP contribution in [0, 0.1) is 0 Å². The van der Waals surface area contributed by atoms with E-state index < -0.39 is 19.6 Å². The Labute approximate surface area is 113 Å². The monoisotopic (exact) mass is 354 g/mol. The van der Waals surface area contributed by atoms with Gasteiger partial charge in [0.1, 0.15) is 0 Å². The van der Waals surface area contributed by atoms with Crippen molar-refractivity contribution in [1.29, 1.82) is 0 Å². The van der Waals surface area contributed by atoms with Crippen LogP contribution in [0.25, 0.3) is 0 Å². The second-order valence-corrected chi connectivity index (χ2v) is 12.6. The molecule has 3 nitrogen and oxygen atoms in total. The molecule has 0 heterocycles. The SMILES string of the molecule is CCC[CH2][Sn]([O]C(C)C)([O]C(C)C)[O]C(C)C. The average molecular weight is 353 g/mol. The Kier molecular flexibility index (Phi) is 9.07. The Bertz CT molecular complexity index is 167. The number of unbranched alkanes of at least 4 members (excludes halogenated alkanes) is 1. The predicted octanol–water partition coefficient (Wildman–Crippen LogP) is 4.00. The van der Waals surface area contributed by atoms with Gasteiger partial charge in [-0.3, -0.25) is 0 Å². The molecule has 4 heteroatoms. The fraction of sp³-hybridized carbons (Fsp3) is 1.00. The molecule has 0 saturated carbocycles. The van der Waals surface area contributed by atoms with Crippen molar-refractivity contribution in [1.82, 2.24) is 0 Å². The molecule has 0 aromatic rings. The molecule has 0 radical (unpaired) electrons. The molecule has 0 aromatic heterocycles. The van der Waals surface area contributed by atoms with Crippen molar-refractivity contribution in [2.45, 2.75) is 84.1 Å². The van der Waals surface area contributed by atoms with Gasteiger partial charge in [-0.2, -0.15) is 0 Å². The van der Waals surface area contributed by atoms with Crippen LogP contribution in [-0.4, -0.2) is 37.9 Å². The standard InChI is InChI=1S/C4H9.3C3H7O.Sn/c1-3-4-2;3*1-3(2)4;/h1,3-4H2,2H3;3*3H,1-2H3;/q;3*-1;+3. The molecule has 0 aliphatic rings. The van der Waals surface area contributed by atoms with Crippen LogP contribution in [0.5, 0.6) is 0 Å². The van der Waals surface area contributed by atoms with Crippen LogP contribution in [0.4, 0.5) is 0 Å². The third kappa shape index (κ3) is 8.40. The van der Waals surface area contributed by atoms with Crippen molar-refractivity contribution in [3.05, 3.63) is 0 Å². The van der Waals surface area contributed by atoms with Gasteiger partial charge in [-0.1, -0.05) is 0 Å². The zero-order valence-corrected chi connectivity index (χ0v) is 15.4. The Morgan fingerprint density at radius 2 is 1.12 bits per heavy atom. The van der Waals surface area contributed by atoms with E-state index in [4.69, 9.17) is 9.22 Å². The van der Waals surface area contributed by atoms with Crippen molar-refractivity contribution < 1.29 is 9.22 Å². The average Bonchev–Trinajstić information content (AvgIpc) is 2.11. The van der Waals surface area contributed by atoms with Gasteiger partial charge in [0.25, 0.3) is 0 Å². The van der Waals surface area contributed by atoms with Gasteiger partial charge in [0, 0.05) is 0 Å². The third-order valence-corrected chi connectivity index (χ3v) is 12.0. The van der Waals surface area contributed by atoms with E-state index in [2.05, 4.69) is 48.5 Å². The first-order valence-electron chi connectivity index (χ1n) is 6.84. The molecule has 104 valence electrons. The molecule has 0 aliphatic carbocycles. The zero-order chi connectivity index (χ0) is 13.5. The Morgan fingerprint density at radius 3 is 1.35 bits per heavy atom. The summed E-state index contributed by atoms with van der Waals surface area (Å²) in [5.74, 6) is 0. The molecule has 0 fully saturated rings. The van der Waals surface area contributed by atoms with Gasteiger partial charge in [0.15, 0.2) is 0 Å². The van der Waals surface area contributed by atoms with Crippen LogP contribution in [-0.2, 0) is 9.22 Å². The van der Waals surface area contributed by atoms with E-state index in [1.54, 1.807) is 0 Å². The summed E-state index contributed by atoms with van der Waals surface area (Å²) in [5.41, 5.74) is 0. The molecule has 0 rings (SSSR count). The van der Waals surface area contributed by atoms with Crippen LogP contribution < -0.4 is 0 Å².